The number of nitrogens with one attached hydrogen (secondary N) is 1. The smallest absolute Gasteiger partial charge is 0.338 e. The molecule has 0 aliphatic rings. The van der Waals surface area contributed by atoms with Crippen LogP contribution in [0, 0.1) is 13.8 Å². The van der Waals surface area contributed by atoms with E-state index in [1.807, 2.05) is 48.9 Å². The molecule has 0 bridgehead atoms. The number of hydrogen-bond acceptors (Lipinski definition) is 5. The SMILES string of the molecule is Cc1cc(C)n(-c2ccc(COC(=O)c3ccc(NC(=O)c4ccco4)cc3)cc2)n1. The van der Waals surface area contributed by atoms with Crippen LogP contribution in [0.1, 0.15) is 37.9 Å². The minimum Gasteiger partial charge on any atom is -0.459 e. The number of ether oxygens (including phenoxy) is 1. The third kappa shape index (κ3) is 4.72. The molecule has 0 saturated carbocycles. The molecule has 0 spiro atoms. The molecule has 7 heteroatoms. The van der Waals surface area contributed by atoms with Crippen LogP contribution < -0.4 is 5.32 Å². The van der Waals surface area contributed by atoms with E-state index in [1.54, 1.807) is 36.4 Å². The lowest BCUT2D eigenvalue weighted by molar-refractivity contribution is 0.0472. The van der Waals surface area contributed by atoms with Crippen LogP contribution in [0.2, 0.25) is 0 Å². The second kappa shape index (κ2) is 8.71. The van der Waals surface area contributed by atoms with Crippen molar-refractivity contribution in [3.63, 3.8) is 0 Å². The Labute approximate surface area is 179 Å². The highest BCUT2D eigenvalue weighted by molar-refractivity contribution is 6.02. The average Bonchev–Trinajstić information content (AvgIpc) is 3.42. The van der Waals surface area contributed by atoms with Gasteiger partial charge in [0.15, 0.2) is 5.76 Å². The largest absolute Gasteiger partial charge is 0.459 e. The third-order valence-electron chi connectivity index (χ3n) is 4.68. The Bertz CT molecular complexity index is 1190. The van der Waals surface area contributed by atoms with Gasteiger partial charge in [0.1, 0.15) is 6.61 Å². The summed E-state index contributed by atoms with van der Waals surface area (Å²) in [4.78, 5) is 24.3. The predicted molar refractivity (Wildman–Crippen MR) is 115 cm³/mol. The number of amides is 1. The van der Waals surface area contributed by atoms with E-state index in [1.165, 1.54) is 6.26 Å². The fourth-order valence-electron chi connectivity index (χ4n) is 3.15. The zero-order valence-electron chi connectivity index (χ0n) is 17.2. The van der Waals surface area contributed by atoms with Gasteiger partial charge in [0.2, 0.25) is 0 Å². The number of carbonyl (C=O) groups excluding carboxylic acids is 2. The second-order valence-corrected chi connectivity index (χ2v) is 7.09. The van der Waals surface area contributed by atoms with Crippen LogP contribution in [0.4, 0.5) is 5.69 Å². The number of aromatic nitrogens is 2. The van der Waals surface area contributed by atoms with Crippen molar-refractivity contribution in [2.24, 2.45) is 0 Å². The quantitative estimate of drug-likeness (QED) is 0.462. The summed E-state index contributed by atoms with van der Waals surface area (Å²) in [5.41, 5.74) is 4.80. The minimum absolute atomic E-state index is 0.160. The standard InChI is InChI=1S/C24H21N3O4/c1-16-14-17(2)27(26-16)21-11-5-18(6-12-21)15-31-24(29)19-7-9-20(10-8-19)25-23(28)22-4-3-13-30-22/h3-14H,15H2,1-2H3,(H,25,28). The molecule has 0 atom stereocenters. The van der Waals surface area contributed by atoms with E-state index in [0.717, 1.165) is 22.6 Å². The maximum atomic E-state index is 12.3. The molecule has 2 aromatic heterocycles. The topological polar surface area (TPSA) is 86.4 Å². The van der Waals surface area contributed by atoms with Crippen LogP contribution in [0.15, 0.2) is 77.4 Å². The summed E-state index contributed by atoms with van der Waals surface area (Å²) in [6.07, 6.45) is 1.43. The van der Waals surface area contributed by atoms with Gasteiger partial charge in [-0.25, -0.2) is 9.48 Å². The highest BCUT2D eigenvalue weighted by Crippen LogP contribution is 2.16. The Kier molecular flexibility index (Phi) is 5.66. The molecule has 2 heterocycles. The van der Waals surface area contributed by atoms with E-state index in [-0.39, 0.29) is 18.3 Å². The summed E-state index contributed by atoms with van der Waals surface area (Å²) in [5.74, 6) is -0.580. The lowest BCUT2D eigenvalue weighted by atomic mass is 10.2. The first kappa shape index (κ1) is 20.2. The van der Waals surface area contributed by atoms with Crippen LogP contribution in [0.3, 0.4) is 0 Å². The van der Waals surface area contributed by atoms with Crippen molar-refractivity contribution >= 4 is 17.6 Å². The maximum absolute atomic E-state index is 12.3. The number of carbonyl (C=O) groups is 2. The van der Waals surface area contributed by atoms with E-state index in [0.29, 0.717) is 11.3 Å². The second-order valence-electron chi connectivity index (χ2n) is 7.09. The van der Waals surface area contributed by atoms with Gasteiger partial charge < -0.3 is 14.5 Å². The first-order chi connectivity index (χ1) is 15.0. The van der Waals surface area contributed by atoms with Crippen LogP contribution >= 0.6 is 0 Å². The van der Waals surface area contributed by atoms with Gasteiger partial charge in [-0.3, -0.25) is 4.79 Å². The van der Waals surface area contributed by atoms with Gasteiger partial charge in [0.05, 0.1) is 23.2 Å². The molecule has 4 rings (SSSR count). The molecule has 31 heavy (non-hydrogen) atoms. The molecule has 0 fully saturated rings. The Morgan fingerprint density at radius 1 is 1.03 bits per heavy atom. The molecule has 0 aliphatic heterocycles. The van der Waals surface area contributed by atoms with Crippen molar-refractivity contribution in [3.05, 3.63) is 101 Å². The summed E-state index contributed by atoms with van der Waals surface area (Å²) in [6, 6.07) is 19.4. The number of anilines is 1. The van der Waals surface area contributed by atoms with E-state index in [9.17, 15) is 9.59 Å². The zero-order chi connectivity index (χ0) is 21.8. The molecule has 0 aliphatic carbocycles. The lowest BCUT2D eigenvalue weighted by Crippen LogP contribution is -2.11. The number of benzene rings is 2. The predicted octanol–water partition coefficient (Wildman–Crippen LogP) is 4.69. The van der Waals surface area contributed by atoms with Gasteiger partial charge in [0.25, 0.3) is 5.91 Å². The van der Waals surface area contributed by atoms with Gasteiger partial charge in [0, 0.05) is 11.4 Å². The van der Waals surface area contributed by atoms with Gasteiger partial charge >= 0.3 is 5.97 Å². The number of furan rings is 1. The summed E-state index contributed by atoms with van der Waals surface area (Å²) >= 11 is 0. The normalized spacial score (nSPS) is 10.6. The van der Waals surface area contributed by atoms with Gasteiger partial charge in [-0.1, -0.05) is 12.1 Å². The molecule has 1 amide bonds. The molecule has 0 saturated heterocycles. The fraction of sp³-hybridized carbons (Fsp3) is 0.125. The Balaban J connectivity index is 1.33. The third-order valence-corrected chi connectivity index (χ3v) is 4.68. The van der Waals surface area contributed by atoms with Crippen LogP contribution in [0.25, 0.3) is 5.69 Å². The molecule has 0 radical (unpaired) electrons. The Morgan fingerprint density at radius 2 is 1.77 bits per heavy atom. The number of aryl methyl sites for hydroxylation is 2. The van der Waals surface area contributed by atoms with Crippen LogP contribution in [0.5, 0.6) is 0 Å². The molecule has 4 aromatic rings. The van der Waals surface area contributed by atoms with Crippen molar-refractivity contribution in [1.82, 2.24) is 9.78 Å². The summed E-state index contributed by atoms with van der Waals surface area (Å²) in [6.45, 7) is 4.12. The molecule has 0 unspecified atom stereocenters. The Morgan fingerprint density at radius 3 is 2.39 bits per heavy atom. The van der Waals surface area contributed by atoms with Gasteiger partial charge in [-0.15, -0.1) is 0 Å². The zero-order valence-corrected chi connectivity index (χ0v) is 17.2. The van der Waals surface area contributed by atoms with E-state index >= 15 is 0 Å². The van der Waals surface area contributed by atoms with E-state index in [2.05, 4.69) is 10.4 Å². The molecule has 7 nitrogen and oxygen atoms in total. The van der Waals surface area contributed by atoms with Crippen molar-refractivity contribution < 1.29 is 18.7 Å². The first-order valence-corrected chi connectivity index (χ1v) is 9.74. The van der Waals surface area contributed by atoms with Gasteiger partial charge in [-0.05, 0) is 74.0 Å². The van der Waals surface area contributed by atoms with Crippen molar-refractivity contribution in [2.45, 2.75) is 20.5 Å². The summed E-state index contributed by atoms with van der Waals surface area (Å²) in [5, 5.41) is 7.16. The van der Waals surface area contributed by atoms with Crippen molar-refractivity contribution in [3.8, 4) is 5.69 Å². The highest BCUT2D eigenvalue weighted by Gasteiger charge is 2.11. The molecule has 156 valence electrons. The van der Waals surface area contributed by atoms with Crippen LogP contribution in [-0.4, -0.2) is 21.7 Å². The number of nitrogens with zero attached hydrogens (tertiary/aromatic N) is 2. The Hall–Kier alpha value is -4.13. The van der Waals surface area contributed by atoms with E-state index < -0.39 is 5.97 Å². The average molecular weight is 415 g/mol. The fourth-order valence-corrected chi connectivity index (χ4v) is 3.15. The summed E-state index contributed by atoms with van der Waals surface area (Å²) < 4.78 is 12.3. The van der Waals surface area contributed by atoms with Gasteiger partial charge in [-0.2, -0.15) is 5.10 Å². The summed E-state index contributed by atoms with van der Waals surface area (Å²) in [7, 11) is 0. The lowest BCUT2D eigenvalue weighted by Gasteiger charge is -2.08. The molecule has 2 aromatic carbocycles. The monoisotopic (exact) mass is 415 g/mol. The number of hydrogen-bond donors (Lipinski definition) is 1. The molecule has 1 N–H and O–H groups in total. The minimum atomic E-state index is -0.438. The van der Waals surface area contributed by atoms with Crippen molar-refractivity contribution in [1.29, 1.82) is 0 Å². The van der Waals surface area contributed by atoms with Crippen LogP contribution in [-0.2, 0) is 11.3 Å². The number of esters is 1. The number of rotatable bonds is 6. The first-order valence-electron chi connectivity index (χ1n) is 9.74. The van der Waals surface area contributed by atoms with E-state index in [4.69, 9.17) is 9.15 Å². The maximum Gasteiger partial charge on any atom is 0.338 e. The molecular weight excluding hydrogens is 394 g/mol. The van der Waals surface area contributed by atoms with Crippen molar-refractivity contribution in [2.75, 3.05) is 5.32 Å². The highest BCUT2D eigenvalue weighted by atomic mass is 16.5. The molecular formula is C24H21N3O4.